The average Bonchev–Trinajstić information content (AvgIpc) is 3.00. The second kappa shape index (κ2) is 5.19. The third-order valence-corrected chi connectivity index (χ3v) is 3.67. The van der Waals surface area contributed by atoms with Gasteiger partial charge in [0.2, 0.25) is 0 Å². The number of nitrogens with one attached hydrogen (secondary N) is 1. The molecule has 0 unspecified atom stereocenters. The molecule has 0 aromatic carbocycles. The van der Waals surface area contributed by atoms with Crippen molar-refractivity contribution in [3.8, 4) is 11.3 Å². The van der Waals surface area contributed by atoms with Crippen molar-refractivity contribution in [2.75, 3.05) is 6.51 Å². The molecule has 6 heteroatoms. The van der Waals surface area contributed by atoms with Gasteiger partial charge in [0.05, 0.1) is 11.3 Å². The number of hydrogen-bond donors (Lipinski definition) is 1. The van der Waals surface area contributed by atoms with Gasteiger partial charge >= 0.3 is 5.97 Å². The van der Waals surface area contributed by atoms with Crippen molar-refractivity contribution in [3.63, 3.8) is 0 Å². The van der Waals surface area contributed by atoms with Gasteiger partial charge in [-0.15, -0.1) is 0 Å². The minimum Gasteiger partial charge on any atom is -0.472 e. The Morgan fingerprint density at radius 3 is 3.15 bits per heavy atom. The fraction of sp³-hybridized carbons (Fsp3) is 0.429. The zero-order valence-electron chi connectivity index (χ0n) is 11.5. The summed E-state index contributed by atoms with van der Waals surface area (Å²) in [4.78, 5) is 15.2. The van der Waals surface area contributed by atoms with Crippen molar-refractivity contribution < 1.29 is 9.53 Å². The number of nitrogens with zero attached hydrogens (tertiary/aromatic N) is 2. The first kappa shape index (κ1) is 13.0. The Balaban J connectivity index is 2.13. The van der Waals surface area contributed by atoms with Crippen LogP contribution in [0, 0.1) is 0 Å². The Hall–Kier alpha value is -1.98. The highest BCUT2D eigenvalue weighted by atomic mass is 16.5. The molecular formula is C14H16BN3O2. The highest BCUT2D eigenvalue weighted by Gasteiger charge is 2.26. The lowest BCUT2D eigenvalue weighted by Crippen LogP contribution is -2.07. The predicted octanol–water partition coefficient (Wildman–Crippen LogP) is 1.67. The zero-order chi connectivity index (χ0) is 14.1. The van der Waals surface area contributed by atoms with Crippen LogP contribution in [-0.2, 0) is 24.1 Å². The maximum absolute atomic E-state index is 12.0. The van der Waals surface area contributed by atoms with E-state index in [1.54, 1.807) is 6.20 Å². The highest BCUT2D eigenvalue weighted by Crippen LogP contribution is 2.34. The fourth-order valence-corrected chi connectivity index (χ4v) is 2.72. The van der Waals surface area contributed by atoms with Gasteiger partial charge in [0, 0.05) is 36.7 Å². The molecule has 3 rings (SSSR count). The van der Waals surface area contributed by atoms with E-state index in [0.717, 1.165) is 42.8 Å². The van der Waals surface area contributed by atoms with Gasteiger partial charge in [-0.3, -0.25) is 4.68 Å². The second-order valence-corrected chi connectivity index (χ2v) is 4.87. The SMILES string of the molecule is [B]COC(=O)c1c[nH]c2c1-c1nn(CC)cc1CCC2. The van der Waals surface area contributed by atoms with Gasteiger partial charge in [-0.1, -0.05) is 0 Å². The van der Waals surface area contributed by atoms with E-state index < -0.39 is 5.97 Å². The van der Waals surface area contributed by atoms with Gasteiger partial charge in [0.25, 0.3) is 0 Å². The van der Waals surface area contributed by atoms with Crippen molar-refractivity contribution >= 4 is 13.8 Å². The molecule has 0 atom stereocenters. The van der Waals surface area contributed by atoms with Gasteiger partial charge in [-0.25, -0.2) is 4.79 Å². The molecule has 1 aliphatic carbocycles. The number of aromatic nitrogens is 3. The molecule has 0 spiro atoms. The molecule has 1 N–H and O–H groups in total. The van der Waals surface area contributed by atoms with E-state index in [2.05, 4.69) is 16.3 Å². The lowest BCUT2D eigenvalue weighted by atomic mass is 10.0. The third kappa shape index (κ3) is 2.05. The van der Waals surface area contributed by atoms with Crippen LogP contribution in [0.3, 0.4) is 0 Å². The Kier molecular flexibility index (Phi) is 3.38. The molecule has 1 aliphatic rings. The molecule has 102 valence electrons. The topological polar surface area (TPSA) is 59.9 Å². The van der Waals surface area contributed by atoms with Gasteiger partial charge in [0.15, 0.2) is 0 Å². The minimum atomic E-state index is -0.399. The van der Waals surface area contributed by atoms with Crippen molar-refractivity contribution in [2.24, 2.45) is 0 Å². The van der Waals surface area contributed by atoms with Crippen LogP contribution in [-0.4, -0.2) is 35.1 Å². The summed E-state index contributed by atoms with van der Waals surface area (Å²) in [5.41, 5.74) is 4.53. The number of esters is 1. The van der Waals surface area contributed by atoms with Crippen LogP contribution in [0.15, 0.2) is 12.4 Å². The summed E-state index contributed by atoms with van der Waals surface area (Å²) in [6.07, 6.45) is 6.69. The van der Waals surface area contributed by atoms with Crippen LogP contribution in [0.25, 0.3) is 11.3 Å². The first-order valence-corrected chi connectivity index (χ1v) is 6.88. The quantitative estimate of drug-likeness (QED) is 0.681. The smallest absolute Gasteiger partial charge is 0.339 e. The fourth-order valence-electron chi connectivity index (χ4n) is 2.72. The number of carbonyl (C=O) groups excluding carboxylic acids is 1. The molecule has 2 aromatic heterocycles. The van der Waals surface area contributed by atoms with Gasteiger partial charge in [-0.05, 0) is 31.7 Å². The number of fused-ring (bicyclic) bond motifs is 3. The van der Waals surface area contributed by atoms with E-state index in [-0.39, 0.29) is 6.51 Å². The Labute approximate surface area is 118 Å². The Bertz CT molecular complexity index is 645. The number of carbonyl (C=O) groups is 1. The third-order valence-electron chi connectivity index (χ3n) is 3.67. The lowest BCUT2D eigenvalue weighted by Gasteiger charge is -2.04. The first-order valence-electron chi connectivity index (χ1n) is 6.88. The first-order chi connectivity index (χ1) is 9.74. The number of H-pyrrole nitrogens is 1. The van der Waals surface area contributed by atoms with Crippen molar-refractivity contribution in [3.05, 3.63) is 29.2 Å². The predicted molar refractivity (Wildman–Crippen MR) is 75.7 cm³/mol. The lowest BCUT2D eigenvalue weighted by molar-refractivity contribution is 0.0574. The highest BCUT2D eigenvalue weighted by molar-refractivity contribution is 6.09. The molecule has 0 saturated carbocycles. The Morgan fingerprint density at radius 2 is 2.40 bits per heavy atom. The molecule has 20 heavy (non-hydrogen) atoms. The van der Waals surface area contributed by atoms with Gasteiger partial charge in [-0.2, -0.15) is 5.10 Å². The molecule has 0 fully saturated rings. The molecule has 2 aromatic rings. The summed E-state index contributed by atoms with van der Waals surface area (Å²) in [7, 11) is 5.29. The van der Waals surface area contributed by atoms with Crippen LogP contribution < -0.4 is 0 Å². The number of aromatic amines is 1. The van der Waals surface area contributed by atoms with E-state index in [4.69, 9.17) is 12.6 Å². The molecular weight excluding hydrogens is 253 g/mol. The molecule has 2 heterocycles. The van der Waals surface area contributed by atoms with Crippen LogP contribution in [0.5, 0.6) is 0 Å². The maximum atomic E-state index is 12.0. The van der Waals surface area contributed by atoms with Crippen molar-refractivity contribution in [2.45, 2.75) is 32.7 Å². The van der Waals surface area contributed by atoms with Crippen molar-refractivity contribution in [1.29, 1.82) is 0 Å². The van der Waals surface area contributed by atoms with Crippen LogP contribution in [0.1, 0.15) is 35.0 Å². The standard InChI is InChI=1S/C14H16BN3O2/c1-2-18-7-9-4-3-5-11-12(13(9)17-18)10(6-16-11)14(19)20-8-15/h6-7,16H,2-5,8H2,1H3. The zero-order valence-corrected chi connectivity index (χ0v) is 11.5. The summed E-state index contributed by atoms with van der Waals surface area (Å²) in [5, 5.41) is 4.60. The number of aryl methyl sites for hydroxylation is 3. The number of rotatable bonds is 3. The van der Waals surface area contributed by atoms with E-state index in [0.29, 0.717) is 5.56 Å². The molecule has 0 saturated heterocycles. The van der Waals surface area contributed by atoms with Crippen LogP contribution in [0.2, 0.25) is 0 Å². The largest absolute Gasteiger partial charge is 0.472 e. The summed E-state index contributed by atoms with van der Waals surface area (Å²) in [5.74, 6) is -0.399. The molecule has 2 radical (unpaired) electrons. The van der Waals surface area contributed by atoms with Gasteiger partial charge in [0.1, 0.15) is 7.85 Å². The summed E-state index contributed by atoms with van der Waals surface area (Å²) in [6, 6.07) is 0. The Morgan fingerprint density at radius 1 is 1.55 bits per heavy atom. The van der Waals surface area contributed by atoms with Crippen LogP contribution in [0.4, 0.5) is 0 Å². The summed E-state index contributed by atoms with van der Waals surface area (Å²) < 4.78 is 6.83. The summed E-state index contributed by atoms with van der Waals surface area (Å²) >= 11 is 0. The van der Waals surface area contributed by atoms with E-state index in [1.807, 2.05) is 11.6 Å². The van der Waals surface area contributed by atoms with Crippen molar-refractivity contribution in [1.82, 2.24) is 14.8 Å². The number of hydrogen-bond acceptors (Lipinski definition) is 3. The molecule has 0 bridgehead atoms. The molecule has 0 aliphatic heterocycles. The summed E-state index contributed by atoms with van der Waals surface area (Å²) in [6.45, 7) is 2.75. The maximum Gasteiger partial charge on any atom is 0.339 e. The van der Waals surface area contributed by atoms with E-state index in [1.165, 1.54) is 5.56 Å². The monoisotopic (exact) mass is 269 g/mol. The average molecular weight is 269 g/mol. The normalized spacial score (nSPS) is 13.4. The molecule has 5 nitrogen and oxygen atoms in total. The second-order valence-electron chi connectivity index (χ2n) is 4.87. The molecule has 0 amide bonds. The number of ether oxygens (including phenoxy) is 1. The van der Waals surface area contributed by atoms with E-state index >= 15 is 0 Å². The van der Waals surface area contributed by atoms with Crippen LogP contribution >= 0.6 is 0 Å². The van der Waals surface area contributed by atoms with Gasteiger partial charge < -0.3 is 9.72 Å². The minimum absolute atomic E-state index is 0.116. The van der Waals surface area contributed by atoms with E-state index in [9.17, 15) is 4.79 Å².